The third kappa shape index (κ3) is 1.70. The Bertz CT molecular complexity index is 853. The number of aromatic nitrogens is 1. The van der Waals surface area contributed by atoms with Crippen LogP contribution in [0.3, 0.4) is 0 Å². The SMILES string of the molecule is CC1CCc2c3c(cc4c(=O)c(C(=O)O)cn1c24)CCS3. The van der Waals surface area contributed by atoms with Gasteiger partial charge in [-0.05, 0) is 43.4 Å². The van der Waals surface area contributed by atoms with Gasteiger partial charge in [0.25, 0.3) is 0 Å². The molecule has 4 nitrogen and oxygen atoms in total. The number of carboxylic acids is 1. The molecule has 0 bridgehead atoms. The lowest BCUT2D eigenvalue weighted by molar-refractivity contribution is 0.0694. The zero-order valence-electron chi connectivity index (χ0n) is 11.7. The van der Waals surface area contributed by atoms with Gasteiger partial charge in [0.05, 0.1) is 5.52 Å². The summed E-state index contributed by atoms with van der Waals surface area (Å²) in [7, 11) is 0. The molecule has 0 aliphatic carbocycles. The minimum Gasteiger partial charge on any atom is -0.477 e. The van der Waals surface area contributed by atoms with Gasteiger partial charge in [0.2, 0.25) is 5.43 Å². The molecule has 1 atom stereocenters. The number of fused-ring (bicyclic) bond motifs is 2. The summed E-state index contributed by atoms with van der Waals surface area (Å²) in [5.41, 5.74) is 2.95. The summed E-state index contributed by atoms with van der Waals surface area (Å²) in [6.07, 6.45) is 4.46. The predicted molar refractivity (Wildman–Crippen MR) is 82.6 cm³/mol. The molecule has 21 heavy (non-hydrogen) atoms. The van der Waals surface area contributed by atoms with E-state index in [9.17, 15) is 14.7 Å². The molecule has 1 N–H and O–H groups in total. The molecule has 2 aliphatic heterocycles. The zero-order valence-corrected chi connectivity index (χ0v) is 12.5. The fourth-order valence-electron chi connectivity index (χ4n) is 3.50. The van der Waals surface area contributed by atoms with Crippen LogP contribution in [-0.4, -0.2) is 21.4 Å². The number of hydrogen-bond acceptors (Lipinski definition) is 3. The Balaban J connectivity index is 2.21. The van der Waals surface area contributed by atoms with Crippen LogP contribution in [0.15, 0.2) is 22.0 Å². The van der Waals surface area contributed by atoms with Crippen molar-refractivity contribution in [2.24, 2.45) is 0 Å². The highest BCUT2D eigenvalue weighted by Gasteiger charge is 2.27. The van der Waals surface area contributed by atoms with Gasteiger partial charge >= 0.3 is 5.97 Å². The summed E-state index contributed by atoms with van der Waals surface area (Å²) in [5.74, 6) is -0.0892. The Labute approximate surface area is 125 Å². The molecule has 3 heterocycles. The Hall–Kier alpha value is -1.75. The maximum atomic E-state index is 12.5. The van der Waals surface area contributed by atoms with Crippen molar-refractivity contribution in [3.05, 3.63) is 39.2 Å². The van der Waals surface area contributed by atoms with Gasteiger partial charge in [-0.3, -0.25) is 4.79 Å². The molecule has 0 saturated carbocycles. The Kier molecular flexibility index (Phi) is 2.70. The van der Waals surface area contributed by atoms with Crippen molar-refractivity contribution in [1.82, 2.24) is 4.57 Å². The van der Waals surface area contributed by atoms with E-state index >= 15 is 0 Å². The van der Waals surface area contributed by atoms with Gasteiger partial charge in [0, 0.05) is 28.3 Å². The number of rotatable bonds is 1. The van der Waals surface area contributed by atoms with Crippen LogP contribution in [0.1, 0.15) is 40.9 Å². The fraction of sp³-hybridized carbons (Fsp3) is 0.375. The predicted octanol–water partition coefficient (Wildman–Crippen LogP) is 2.86. The van der Waals surface area contributed by atoms with Crippen LogP contribution >= 0.6 is 11.8 Å². The second kappa shape index (κ2) is 4.37. The minimum absolute atomic E-state index is 0.118. The topological polar surface area (TPSA) is 59.3 Å². The summed E-state index contributed by atoms with van der Waals surface area (Å²) in [5, 5.41) is 9.88. The van der Waals surface area contributed by atoms with E-state index < -0.39 is 5.97 Å². The van der Waals surface area contributed by atoms with Crippen molar-refractivity contribution in [3.8, 4) is 0 Å². The van der Waals surface area contributed by atoms with Crippen molar-refractivity contribution in [3.63, 3.8) is 0 Å². The lowest BCUT2D eigenvalue weighted by Crippen LogP contribution is -2.24. The summed E-state index contributed by atoms with van der Waals surface area (Å²) in [4.78, 5) is 25.2. The molecule has 0 spiro atoms. The molecular weight excluding hydrogens is 286 g/mol. The van der Waals surface area contributed by atoms with E-state index in [4.69, 9.17) is 0 Å². The van der Waals surface area contributed by atoms with Crippen molar-refractivity contribution >= 4 is 28.6 Å². The number of nitrogens with zero attached hydrogens (tertiary/aromatic N) is 1. The summed E-state index contributed by atoms with van der Waals surface area (Å²) < 4.78 is 2.00. The second-order valence-electron chi connectivity index (χ2n) is 5.81. The van der Waals surface area contributed by atoms with Crippen LogP contribution < -0.4 is 5.43 Å². The van der Waals surface area contributed by atoms with E-state index in [0.29, 0.717) is 5.39 Å². The molecule has 5 heteroatoms. The van der Waals surface area contributed by atoms with Gasteiger partial charge in [-0.1, -0.05) is 0 Å². The second-order valence-corrected chi connectivity index (χ2v) is 6.92. The summed E-state index contributed by atoms with van der Waals surface area (Å²) >= 11 is 1.86. The van der Waals surface area contributed by atoms with Crippen LogP contribution in [0, 0.1) is 0 Å². The third-order valence-corrected chi connectivity index (χ3v) is 5.78. The van der Waals surface area contributed by atoms with E-state index in [0.717, 1.165) is 30.5 Å². The maximum Gasteiger partial charge on any atom is 0.341 e. The van der Waals surface area contributed by atoms with Gasteiger partial charge in [0.15, 0.2) is 0 Å². The number of benzene rings is 1. The molecule has 0 amide bonds. The van der Waals surface area contributed by atoms with E-state index in [2.05, 4.69) is 6.92 Å². The summed E-state index contributed by atoms with van der Waals surface area (Å²) in [6.45, 7) is 2.08. The lowest BCUT2D eigenvalue weighted by Gasteiger charge is -2.28. The molecule has 0 radical (unpaired) electrons. The molecular formula is C16H15NO3S. The average molecular weight is 301 g/mol. The molecule has 2 aliphatic rings. The van der Waals surface area contributed by atoms with Crippen molar-refractivity contribution < 1.29 is 9.90 Å². The first kappa shape index (κ1) is 13.0. The average Bonchev–Trinajstić information content (AvgIpc) is 2.92. The first-order valence-electron chi connectivity index (χ1n) is 7.17. The van der Waals surface area contributed by atoms with Crippen LogP contribution in [0.25, 0.3) is 10.9 Å². The number of carbonyl (C=O) groups is 1. The van der Waals surface area contributed by atoms with E-state index in [1.54, 1.807) is 0 Å². The molecule has 1 aromatic carbocycles. The molecule has 2 aromatic rings. The van der Waals surface area contributed by atoms with Gasteiger partial charge < -0.3 is 9.67 Å². The van der Waals surface area contributed by atoms with Gasteiger partial charge in [-0.25, -0.2) is 4.79 Å². The normalized spacial score (nSPS) is 19.8. The van der Waals surface area contributed by atoms with E-state index in [-0.39, 0.29) is 17.0 Å². The first-order valence-corrected chi connectivity index (χ1v) is 8.16. The first-order chi connectivity index (χ1) is 10.1. The quantitative estimate of drug-likeness (QED) is 0.880. The third-order valence-electron chi connectivity index (χ3n) is 4.58. The van der Waals surface area contributed by atoms with Gasteiger partial charge in [-0.2, -0.15) is 0 Å². The maximum absolute atomic E-state index is 12.5. The monoisotopic (exact) mass is 301 g/mol. The number of carboxylic acid groups (broad SMARTS) is 1. The highest BCUT2D eigenvalue weighted by Crippen LogP contribution is 2.42. The molecule has 0 saturated heterocycles. The number of aryl methyl sites for hydroxylation is 2. The Morgan fingerprint density at radius 1 is 1.43 bits per heavy atom. The van der Waals surface area contributed by atoms with Crippen LogP contribution in [-0.2, 0) is 12.8 Å². The van der Waals surface area contributed by atoms with Crippen LogP contribution in [0.4, 0.5) is 0 Å². The van der Waals surface area contributed by atoms with Crippen LogP contribution in [0.2, 0.25) is 0 Å². The van der Waals surface area contributed by atoms with Gasteiger partial charge in [0.1, 0.15) is 5.56 Å². The smallest absolute Gasteiger partial charge is 0.341 e. The molecule has 1 unspecified atom stereocenters. The molecule has 108 valence electrons. The van der Waals surface area contributed by atoms with Gasteiger partial charge in [-0.15, -0.1) is 11.8 Å². The van der Waals surface area contributed by atoms with E-state index in [1.165, 1.54) is 22.2 Å². The largest absolute Gasteiger partial charge is 0.477 e. The fourth-order valence-corrected chi connectivity index (χ4v) is 4.75. The minimum atomic E-state index is -1.14. The Morgan fingerprint density at radius 2 is 2.24 bits per heavy atom. The molecule has 1 aromatic heterocycles. The lowest BCUT2D eigenvalue weighted by atomic mass is 9.93. The number of pyridine rings is 1. The van der Waals surface area contributed by atoms with Crippen molar-refractivity contribution in [2.45, 2.75) is 37.1 Å². The molecule has 4 rings (SSSR count). The number of aromatic carboxylic acids is 1. The molecule has 0 fully saturated rings. The van der Waals surface area contributed by atoms with Crippen molar-refractivity contribution in [1.29, 1.82) is 0 Å². The number of hydrogen-bond donors (Lipinski definition) is 1. The highest BCUT2D eigenvalue weighted by molar-refractivity contribution is 7.99. The number of thioether (sulfide) groups is 1. The summed E-state index contributed by atoms with van der Waals surface area (Å²) in [6, 6.07) is 2.15. The zero-order chi connectivity index (χ0) is 14.7. The Morgan fingerprint density at radius 3 is 3.00 bits per heavy atom. The van der Waals surface area contributed by atoms with Crippen LogP contribution in [0.5, 0.6) is 0 Å². The van der Waals surface area contributed by atoms with E-state index in [1.807, 2.05) is 22.4 Å². The highest BCUT2D eigenvalue weighted by atomic mass is 32.2. The standard InChI is InChI=1S/C16H15NO3S/c1-8-2-3-10-13-11(6-9-4-5-21-15(9)10)14(18)12(16(19)20)7-17(8)13/h6-8H,2-5H2,1H3,(H,19,20). The van der Waals surface area contributed by atoms with Crippen molar-refractivity contribution in [2.75, 3.05) is 5.75 Å².